The van der Waals surface area contributed by atoms with Gasteiger partial charge in [-0.15, -0.1) is 0 Å². The van der Waals surface area contributed by atoms with Crippen LogP contribution in [0.1, 0.15) is 40.0 Å². The molecule has 0 aliphatic heterocycles. The third-order valence-electron chi connectivity index (χ3n) is 2.04. The van der Waals surface area contributed by atoms with Crippen LogP contribution in [0.2, 0.25) is 0 Å². The van der Waals surface area contributed by atoms with Crippen LogP contribution in [0, 0.1) is 5.92 Å². The Morgan fingerprint density at radius 1 is 1.25 bits per heavy atom. The molecule has 0 heterocycles. The summed E-state index contributed by atoms with van der Waals surface area (Å²) in [6.45, 7) is 6.48. The number of rotatable bonds is 7. The van der Waals surface area contributed by atoms with Gasteiger partial charge in [-0.3, -0.25) is 0 Å². The molecule has 74 valence electrons. The van der Waals surface area contributed by atoms with E-state index in [1.807, 2.05) is 11.8 Å². The molecule has 0 aromatic carbocycles. The van der Waals surface area contributed by atoms with Crippen LogP contribution in [0.3, 0.4) is 0 Å². The zero-order valence-electron chi connectivity index (χ0n) is 8.55. The Balaban J connectivity index is 3.35. The van der Waals surface area contributed by atoms with Crippen molar-refractivity contribution in [1.29, 1.82) is 0 Å². The zero-order chi connectivity index (χ0) is 9.40. The van der Waals surface area contributed by atoms with Crippen LogP contribution in [0.4, 0.5) is 0 Å². The molecule has 0 aromatic heterocycles. The van der Waals surface area contributed by atoms with Gasteiger partial charge in [0.1, 0.15) is 0 Å². The predicted octanol–water partition coefficient (Wildman–Crippen LogP) is 2.93. The molecular weight excluding hydrogens is 168 g/mol. The van der Waals surface area contributed by atoms with Gasteiger partial charge in [0, 0.05) is 5.75 Å². The number of aliphatic hydroxyl groups excluding tert-OH is 1. The fourth-order valence-corrected chi connectivity index (χ4v) is 2.19. The van der Waals surface area contributed by atoms with Crippen LogP contribution in [0.25, 0.3) is 0 Å². The van der Waals surface area contributed by atoms with Crippen LogP contribution in [0.5, 0.6) is 0 Å². The molecular formula is C10H22OS. The molecule has 0 rings (SSSR count). The summed E-state index contributed by atoms with van der Waals surface area (Å²) in [4.78, 5) is 0. The summed E-state index contributed by atoms with van der Waals surface area (Å²) in [6.07, 6.45) is 3.44. The highest BCUT2D eigenvalue weighted by Gasteiger charge is 2.12. The number of hydrogen-bond acceptors (Lipinski definition) is 2. The average Bonchev–Trinajstić information content (AvgIpc) is 2.05. The fraction of sp³-hybridized carbons (Fsp3) is 1.00. The van der Waals surface area contributed by atoms with Crippen molar-refractivity contribution in [3.8, 4) is 0 Å². The lowest BCUT2D eigenvalue weighted by atomic mass is 10.0. The Bertz CT molecular complexity index is 95.8. The molecule has 0 aromatic rings. The molecule has 1 N–H and O–H groups in total. The summed E-state index contributed by atoms with van der Waals surface area (Å²) in [5.41, 5.74) is 0. The number of thioether (sulfide) groups is 1. The van der Waals surface area contributed by atoms with Crippen molar-refractivity contribution in [2.75, 3.05) is 11.5 Å². The van der Waals surface area contributed by atoms with E-state index in [4.69, 9.17) is 0 Å². The molecule has 0 spiro atoms. The highest BCUT2D eigenvalue weighted by atomic mass is 32.2. The van der Waals surface area contributed by atoms with Gasteiger partial charge in [0.05, 0.1) is 6.10 Å². The minimum atomic E-state index is -0.0958. The van der Waals surface area contributed by atoms with Crippen molar-refractivity contribution in [3.63, 3.8) is 0 Å². The first-order chi connectivity index (χ1) is 5.72. The van der Waals surface area contributed by atoms with Crippen molar-refractivity contribution in [2.45, 2.75) is 46.1 Å². The lowest BCUT2D eigenvalue weighted by Gasteiger charge is -2.17. The van der Waals surface area contributed by atoms with Crippen LogP contribution >= 0.6 is 11.8 Å². The molecule has 0 saturated heterocycles. The minimum absolute atomic E-state index is 0.0958. The first kappa shape index (κ1) is 12.3. The van der Waals surface area contributed by atoms with Crippen LogP contribution in [0.15, 0.2) is 0 Å². The van der Waals surface area contributed by atoms with Gasteiger partial charge in [0.2, 0.25) is 0 Å². The second kappa shape index (κ2) is 7.93. The molecule has 0 radical (unpaired) electrons. The summed E-state index contributed by atoms with van der Waals surface area (Å²) in [7, 11) is 0. The van der Waals surface area contributed by atoms with E-state index in [-0.39, 0.29) is 6.10 Å². The average molecular weight is 190 g/mol. The van der Waals surface area contributed by atoms with Crippen molar-refractivity contribution < 1.29 is 5.11 Å². The lowest BCUT2D eigenvalue weighted by Crippen LogP contribution is -2.20. The van der Waals surface area contributed by atoms with E-state index in [1.54, 1.807) is 0 Å². The second-order valence-corrected chi connectivity index (χ2v) is 4.56. The molecule has 0 aliphatic carbocycles. The third kappa shape index (κ3) is 5.90. The Kier molecular flexibility index (Phi) is 8.14. The van der Waals surface area contributed by atoms with E-state index in [0.29, 0.717) is 5.92 Å². The molecule has 1 nitrogen and oxygen atoms in total. The van der Waals surface area contributed by atoms with Gasteiger partial charge in [0.25, 0.3) is 0 Å². The molecule has 0 bridgehead atoms. The SMILES string of the molecule is CCCSCC(O)C(C)CCC. The highest BCUT2D eigenvalue weighted by Crippen LogP contribution is 2.15. The molecule has 0 saturated carbocycles. The van der Waals surface area contributed by atoms with Crippen LogP contribution in [-0.2, 0) is 0 Å². The Labute approximate surface area is 80.9 Å². The van der Waals surface area contributed by atoms with Crippen molar-refractivity contribution >= 4 is 11.8 Å². The quantitative estimate of drug-likeness (QED) is 0.623. The van der Waals surface area contributed by atoms with E-state index in [9.17, 15) is 5.11 Å². The molecule has 0 aliphatic rings. The van der Waals surface area contributed by atoms with E-state index < -0.39 is 0 Å². The van der Waals surface area contributed by atoms with Crippen LogP contribution < -0.4 is 0 Å². The van der Waals surface area contributed by atoms with Gasteiger partial charge in [-0.1, -0.05) is 27.2 Å². The maximum atomic E-state index is 9.65. The Hall–Kier alpha value is 0.310. The molecule has 0 amide bonds. The largest absolute Gasteiger partial charge is 0.392 e. The van der Waals surface area contributed by atoms with Crippen LogP contribution in [-0.4, -0.2) is 22.7 Å². The van der Waals surface area contributed by atoms with E-state index in [2.05, 4.69) is 20.8 Å². The first-order valence-corrected chi connectivity index (χ1v) is 6.13. The van der Waals surface area contributed by atoms with Gasteiger partial charge in [0.15, 0.2) is 0 Å². The summed E-state index contributed by atoms with van der Waals surface area (Å²) in [5, 5.41) is 9.65. The third-order valence-corrected chi connectivity index (χ3v) is 3.31. The normalized spacial score (nSPS) is 16.0. The van der Waals surface area contributed by atoms with Gasteiger partial charge < -0.3 is 5.11 Å². The molecule has 2 atom stereocenters. The van der Waals surface area contributed by atoms with Crippen molar-refractivity contribution in [3.05, 3.63) is 0 Å². The van der Waals surface area contributed by atoms with Gasteiger partial charge in [-0.25, -0.2) is 0 Å². The van der Waals surface area contributed by atoms with Gasteiger partial charge in [-0.2, -0.15) is 11.8 Å². The van der Waals surface area contributed by atoms with Gasteiger partial charge in [-0.05, 0) is 24.5 Å². The zero-order valence-corrected chi connectivity index (χ0v) is 9.36. The minimum Gasteiger partial charge on any atom is -0.392 e. The maximum Gasteiger partial charge on any atom is 0.0656 e. The van der Waals surface area contributed by atoms with Crippen molar-refractivity contribution in [1.82, 2.24) is 0 Å². The first-order valence-electron chi connectivity index (χ1n) is 4.98. The van der Waals surface area contributed by atoms with Crippen molar-refractivity contribution in [2.24, 2.45) is 5.92 Å². The molecule has 0 fully saturated rings. The van der Waals surface area contributed by atoms with E-state index in [0.717, 1.165) is 12.2 Å². The monoisotopic (exact) mass is 190 g/mol. The standard InChI is InChI=1S/C10H22OS/c1-4-6-9(3)10(11)8-12-7-5-2/h9-11H,4-8H2,1-3H3. The summed E-state index contributed by atoms with van der Waals surface area (Å²) in [5.74, 6) is 2.56. The lowest BCUT2D eigenvalue weighted by molar-refractivity contribution is 0.134. The summed E-state index contributed by atoms with van der Waals surface area (Å²) in [6, 6.07) is 0. The second-order valence-electron chi connectivity index (χ2n) is 3.41. The topological polar surface area (TPSA) is 20.2 Å². The summed E-state index contributed by atoms with van der Waals surface area (Å²) < 4.78 is 0. The fourth-order valence-electron chi connectivity index (χ4n) is 1.16. The molecule has 12 heavy (non-hydrogen) atoms. The Morgan fingerprint density at radius 2 is 1.92 bits per heavy atom. The van der Waals surface area contributed by atoms with E-state index in [1.165, 1.54) is 18.6 Å². The summed E-state index contributed by atoms with van der Waals surface area (Å²) >= 11 is 1.87. The smallest absolute Gasteiger partial charge is 0.0656 e. The number of aliphatic hydroxyl groups is 1. The highest BCUT2D eigenvalue weighted by molar-refractivity contribution is 7.99. The number of hydrogen-bond donors (Lipinski definition) is 1. The Morgan fingerprint density at radius 3 is 2.42 bits per heavy atom. The maximum absolute atomic E-state index is 9.65. The molecule has 2 heteroatoms. The van der Waals surface area contributed by atoms with Gasteiger partial charge >= 0.3 is 0 Å². The molecule has 2 unspecified atom stereocenters. The predicted molar refractivity (Wildman–Crippen MR) is 57.7 cm³/mol. The van der Waals surface area contributed by atoms with E-state index >= 15 is 0 Å².